The number of hydrogen-bond donors (Lipinski definition) is 1. The third-order valence-corrected chi connectivity index (χ3v) is 2.93. The van der Waals surface area contributed by atoms with Gasteiger partial charge in [-0.25, -0.2) is 4.79 Å². The highest BCUT2D eigenvalue weighted by Gasteiger charge is 2.06. The number of carbonyl (C=O) groups is 1. The van der Waals surface area contributed by atoms with Crippen molar-refractivity contribution in [3.63, 3.8) is 0 Å². The topological polar surface area (TPSA) is 60.7 Å². The van der Waals surface area contributed by atoms with Gasteiger partial charge in [0.25, 0.3) is 0 Å². The molecule has 0 saturated carbocycles. The number of aromatic carboxylic acids is 1. The number of methoxy groups -OCH3 is 1. The van der Waals surface area contributed by atoms with Crippen LogP contribution in [-0.2, 0) is 16.0 Å². The van der Waals surface area contributed by atoms with E-state index >= 15 is 0 Å². The van der Waals surface area contributed by atoms with Crippen LogP contribution in [-0.4, -0.2) is 42.6 Å². The summed E-state index contributed by atoms with van der Waals surface area (Å²) in [5.74, 6) is -0.911. The average molecular weight is 263 g/mol. The van der Waals surface area contributed by atoms with Crippen molar-refractivity contribution in [3.8, 4) is 0 Å². The maximum atomic E-state index is 11.0. The lowest BCUT2D eigenvalue weighted by atomic mass is 10.2. The van der Waals surface area contributed by atoms with Crippen LogP contribution in [0.3, 0.4) is 0 Å². The smallest absolute Gasteiger partial charge is 0.335 e. The minimum atomic E-state index is -0.911. The Labute approximate surface area is 111 Å². The molecule has 0 fully saturated rings. The molecule has 0 aliphatic carbocycles. The molecule has 0 amide bonds. The number of fused-ring (bicyclic) bond motifs is 1. The summed E-state index contributed by atoms with van der Waals surface area (Å²) in [5, 5.41) is 10.0. The first-order chi connectivity index (χ1) is 9.22. The van der Waals surface area contributed by atoms with E-state index in [-0.39, 0.29) is 0 Å². The van der Waals surface area contributed by atoms with Crippen LogP contribution in [0.25, 0.3) is 10.9 Å². The standard InChI is InChI=1S/C14H17NO4/c1-18-8-9-19-7-6-15-5-4-11-2-3-12(14(16)17)10-13(11)15/h2-5,10H,6-9H2,1H3,(H,16,17). The van der Waals surface area contributed by atoms with Gasteiger partial charge in [-0.2, -0.15) is 0 Å². The zero-order valence-corrected chi connectivity index (χ0v) is 10.8. The summed E-state index contributed by atoms with van der Waals surface area (Å²) in [6.07, 6.45) is 1.94. The molecule has 0 unspecified atom stereocenters. The Kier molecular flexibility index (Phi) is 4.54. The molecule has 2 rings (SSSR count). The Balaban J connectivity index is 2.06. The molecule has 1 N–H and O–H groups in total. The molecule has 19 heavy (non-hydrogen) atoms. The predicted molar refractivity (Wildman–Crippen MR) is 71.6 cm³/mol. The highest BCUT2D eigenvalue weighted by Crippen LogP contribution is 2.17. The van der Waals surface area contributed by atoms with Crippen molar-refractivity contribution < 1.29 is 19.4 Å². The Morgan fingerprint density at radius 3 is 2.84 bits per heavy atom. The van der Waals surface area contributed by atoms with Crippen LogP contribution in [0.15, 0.2) is 30.5 Å². The highest BCUT2D eigenvalue weighted by molar-refractivity contribution is 5.93. The van der Waals surface area contributed by atoms with Crippen LogP contribution in [0.4, 0.5) is 0 Å². The van der Waals surface area contributed by atoms with Gasteiger partial charge in [-0.1, -0.05) is 6.07 Å². The molecular formula is C14H17NO4. The van der Waals surface area contributed by atoms with Gasteiger partial charge in [0, 0.05) is 25.4 Å². The van der Waals surface area contributed by atoms with Gasteiger partial charge >= 0.3 is 5.97 Å². The number of carboxylic acid groups (broad SMARTS) is 1. The summed E-state index contributed by atoms with van der Waals surface area (Å²) >= 11 is 0. The molecule has 0 saturated heterocycles. The zero-order valence-electron chi connectivity index (χ0n) is 10.8. The molecule has 0 bridgehead atoms. The van der Waals surface area contributed by atoms with Crippen LogP contribution >= 0.6 is 0 Å². The van der Waals surface area contributed by atoms with Gasteiger partial charge < -0.3 is 19.1 Å². The van der Waals surface area contributed by atoms with E-state index in [9.17, 15) is 4.79 Å². The van der Waals surface area contributed by atoms with Crippen molar-refractivity contribution in [2.75, 3.05) is 26.9 Å². The second-order valence-electron chi connectivity index (χ2n) is 4.19. The monoisotopic (exact) mass is 263 g/mol. The van der Waals surface area contributed by atoms with Gasteiger partial charge in [0.2, 0.25) is 0 Å². The van der Waals surface area contributed by atoms with Crippen LogP contribution in [0, 0.1) is 0 Å². The van der Waals surface area contributed by atoms with E-state index in [1.807, 2.05) is 22.9 Å². The molecule has 1 heterocycles. The first kappa shape index (κ1) is 13.6. The third-order valence-electron chi connectivity index (χ3n) is 2.93. The van der Waals surface area contributed by atoms with Crippen molar-refractivity contribution >= 4 is 16.9 Å². The fourth-order valence-corrected chi connectivity index (χ4v) is 1.92. The fraction of sp³-hybridized carbons (Fsp3) is 0.357. The van der Waals surface area contributed by atoms with Gasteiger partial charge in [-0.15, -0.1) is 0 Å². The van der Waals surface area contributed by atoms with E-state index in [2.05, 4.69) is 0 Å². The number of ether oxygens (including phenoxy) is 2. The van der Waals surface area contributed by atoms with Gasteiger partial charge in [-0.05, 0) is 23.6 Å². The second-order valence-corrected chi connectivity index (χ2v) is 4.19. The highest BCUT2D eigenvalue weighted by atomic mass is 16.5. The summed E-state index contributed by atoms with van der Waals surface area (Å²) in [4.78, 5) is 11.0. The maximum Gasteiger partial charge on any atom is 0.335 e. The molecule has 5 heteroatoms. The largest absolute Gasteiger partial charge is 0.478 e. The number of carboxylic acids is 1. The summed E-state index contributed by atoms with van der Waals surface area (Å²) in [6.45, 7) is 2.41. The molecular weight excluding hydrogens is 246 g/mol. The predicted octanol–water partition coefficient (Wildman–Crippen LogP) is 2.00. The summed E-state index contributed by atoms with van der Waals surface area (Å²) in [5.41, 5.74) is 1.21. The first-order valence-corrected chi connectivity index (χ1v) is 6.11. The van der Waals surface area contributed by atoms with E-state index < -0.39 is 5.97 Å². The molecule has 5 nitrogen and oxygen atoms in total. The van der Waals surface area contributed by atoms with Crippen LogP contribution in [0.5, 0.6) is 0 Å². The number of aromatic nitrogens is 1. The van der Waals surface area contributed by atoms with E-state index in [4.69, 9.17) is 14.6 Å². The quantitative estimate of drug-likeness (QED) is 0.776. The Bertz CT molecular complexity index is 562. The van der Waals surface area contributed by atoms with Gasteiger partial charge in [0.05, 0.1) is 25.4 Å². The van der Waals surface area contributed by atoms with Crippen molar-refractivity contribution in [1.29, 1.82) is 0 Å². The van der Waals surface area contributed by atoms with E-state index in [0.29, 0.717) is 31.9 Å². The van der Waals surface area contributed by atoms with E-state index in [0.717, 1.165) is 10.9 Å². The number of hydrogen-bond acceptors (Lipinski definition) is 3. The van der Waals surface area contributed by atoms with Crippen molar-refractivity contribution in [2.45, 2.75) is 6.54 Å². The Morgan fingerprint density at radius 1 is 1.26 bits per heavy atom. The lowest BCUT2D eigenvalue weighted by molar-refractivity contribution is 0.0670. The third kappa shape index (κ3) is 3.33. The van der Waals surface area contributed by atoms with Crippen LogP contribution in [0.1, 0.15) is 10.4 Å². The molecule has 1 aromatic carbocycles. The molecule has 102 valence electrons. The number of benzene rings is 1. The fourth-order valence-electron chi connectivity index (χ4n) is 1.92. The molecule has 2 aromatic rings. The zero-order chi connectivity index (χ0) is 13.7. The van der Waals surface area contributed by atoms with E-state index in [1.54, 1.807) is 19.2 Å². The minimum absolute atomic E-state index is 0.299. The summed E-state index contributed by atoms with van der Waals surface area (Å²) in [7, 11) is 1.64. The molecule has 0 aliphatic heterocycles. The van der Waals surface area contributed by atoms with Gasteiger partial charge in [-0.3, -0.25) is 0 Å². The molecule has 0 atom stereocenters. The average Bonchev–Trinajstić information content (AvgIpc) is 2.81. The minimum Gasteiger partial charge on any atom is -0.478 e. The number of nitrogens with zero attached hydrogens (tertiary/aromatic N) is 1. The second kappa shape index (κ2) is 6.36. The Morgan fingerprint density at radius 2 is 2.11 bits per heavy atom. The maximum absolute atomic E-state index is 11.0. The first-order valence-electron chi connectivity index (χ1n) is 6.11. The van der Waals surface area contributed by atoms with Gasteiger partial charge in [0.1, 0.15) is 0 Å². The van der Waals surface area contributed by atoms with Crippen molar-refractivity contribution in [2.24, 2.45) is 0 Å². The number of rotatable bonds is 7. The van der Waals surface area contributed by atoms with Crippen molar-refractivity contribution in [1.82, 2.24) is 4.57 Å². The van der Waals surface area contributed by atoms with Gasteiger partial charge in [0.15, 0.2) is 0 Å². The lowest BCUT2D eigenvalue weighted by Crippen LogP contribution is -2.08. The normalized spacial score (nSPS) is 11.0. The molecule has 1 aromatic heterocycles. The Hall–Kier alpha value is -1.85. The lowest BCUT2D eigenvalue weighted by Gasteiger charge is -2.07. The van der Waals surface area contributed by atoms with Crippen molar-refractivity contribution in [3.05, 3.63) is 36.0 Å². The molecule has 0 radical (unpaired) electrons. The summed E-state index contributed by atoms with van der Waals surface area (Å²) < 4.78 is 12.3. The molecule has 0 spiro atoms. The molecule has 0 aliphatic rings. The van der Waals surface area contributed by atoms with Crippen LogP contribution < -0.4 is 0 Å². The summed E-state index contributed by atoms with van der Waals surface area (Å²) in [6, 6.07) is 7.09. The van der Waals surface area contributed by atoms with Crippen LogP contribution in [0.2, 0.25) is 0 Å². The van der Waals surface area contributed by atoms with E-state index in [1.165, 1.54) is 0 Å². The SMILES string of the molecule is COCCOCCn1ccc2ccc(C(=O)O)cc21.